The molecule has 2 N–H and O–H groups in total. The molecule has 0 bridgehead atoms. The quantitative estimate of drug-likeness (QED) is 0.0651. The van der Waals surface area contributed by atoms with Gasteiger partial charge in [-0.1, -0.05) is 73.3 Å². The summed E-state index contributed by atoms with van der Waals surface area (Å²) >= 11 is 6.56. The van der Waals surface area contributed by atoms with E-state index in [2.05, 4.69) is 44.8 Å². The minimum atomic E-state index is -2.46. The van der Waals surface area contributed by atoms with Crippen molar-refractivity contribution in [3.05, 3.63) is 111 Å². The van der Waals surface area contributed by atoms with Crippen LogP contribution in [-0.2, 0) is 40.0 Å². The second-order valence-corrected chi connectivity index (χ2v) is 20.1. The maximum absolute atomic E-state index is 13.0. The topological polar surface area (TPSA) is 134 Å². The number of aryl methyl sites for hydroxylation is 1. The fourth-order valence-electron chi connectivity index (χ4n) is 8.68. The number of amides is 3. The smallest absolute Gasteiger partial charge is 0.255 e. The third-order valence-electron chi connectivity index (χ3n) is 11.9. The van der Waals surface area contributed by atoms with Crippen molar-refractivity contribution in [2.45, 2.75) is 95.7 Å². The molecule has 3 aromatic carbocycles. The summed E-state index contributed by atoms with van der Waals surface area (Å²) in [6.45, 7) is 7.01. The second-order valence-electron chi connectivity index (χ2n) is 16.5. The molecule has 1 unspecified atom stereocenters. The predicted octanol–water partition coefficient (Wildman–Crippen LogP) is 7.08. The van der Waals surface area contributed by atoms with Crippen molar-refractivity contribution >= 4 is 47.5 Å². The number of halogens is 1. The van der Waals surface area contributed by atoms with E-state index in [1.807, 2.05) is 36.4 Å². The molecular formula is C46H56ClN6O5P. The molecule has 0 saturated carbocycles. The number of nitrogens with zero attached hydrogens (tertiary/aromatic N) is 4. The molecule has 2 fully saturated rings. The van der Waals surface area contributed by atoms with E-state index < -0.39 is 13.2 Å². The zero-order chi connectivity index (χ0) is 41.5. The molecule has 3 amide bonds. The van der Waals surface area contributed by atoms with E-state index in [1.165, 1.54) is 31.2 Å². The maximum atomic E-state index is 13.0. The first-order valence-corrected chi connectivity index (χ1v) is 24.0. The van der Waals surface area contributed by atoms with Crippen molar-refractivity contribution < 1.29 is 23.7 Å². The standard InChI is InChI=1S/C46H56ClN6O5P/c1-58-41-28-36(16-15-32(41)27-43-49-29-38(47)39(50-43)26-33-12-8-9-13-42(33)59(2,3)57)52-23-20-35(21-24-52)48-22-10-6-4-5-7-11-31-14-17-37-34(25-31)30-53(46(37)56)40-18-19-44(54)51-45(40)55/h8-9,12-17,25,28-29,35,40,48H,4-7,10-11,18-24,26-27,30H2,1-3H3,(H,51,54,55). The Morgan fingerprint density at radius 2 is 1.69 bits per heavy atom. The number of fused-ring (bicyclic) bond motifs is 1. The first-order chi connectivity index (χ1) is 28.5. The highest BCUT2D eigenvalue weighted by molar-refractivity contribution is 7.70. The highest BCUT2D eigenvalue weighted by Gasteiger charge is 2.39. The number of hydrogen-bond acceptors (Lipinski definition) is 9. The van der Waals surface area contributed by atoms with Crippen LogP contribution in [0.25, 0.3) is 0 Å². The van der Waals surface area contributed by atoms with Crippen molar-refractivity contribution in [3.8, 4) is 5.75 Å². The number of unbranched alkanes of at least 4 members (excludes halogenated alkanes) is 4. The zero-order valence-corrected chi connectivity index (χ0v) is 36.1. The molecule has 59 heavy (non-hydrogen) atoms. The van der Waals surface area contributed by atoms with E-state index in [0.29, 0.717) is 48.3 Å². The van der Waals surface area contributed by atoms with Gasteiger partial charge in [-0.2, -0.15) is 0 Å². The molecule has 0 aliphatic carbocycles. The van der Waals surface area contributed by atoms with Gasteiger partial charge in [0.15, 0.2) is 0 Å². The normalized spacial score (nSPS) is 17.4. The summed E-state index contributed by atoms with van der Waals surface area (Å²) in [6, 6.07) is 20.2. The van der Waals surface area contributed by atoms with Crippen LogP contribution in [0.2, 0.25) is 5.02 Å². The van der Waals surface area contributed by atoms with Crippen LogP contribution >= 0.6 is 18.7 Å². The van der Waals surface area contributed by atoms with Gasteiger partial charge in [0.05, 0.1) is 17.8 Å². The maximum Gasteiger partial charge on any atom is 0.255 e. The largest absolute Gasteiger partial charge is 0.496 e. The SMILES string of the molecule is COc1cc(N2CCC(NCCCCCCCc3ccc4c(c3)CN(C3CCC(=O)NC3=O)C4=O)CC2)ccc1Cc1ncc(Cl)c(Cc2ccccc2P(C)(C)=O)n1. The van der Waals surface area contributed by atoms with Crippen LogP contribution in [0.3, 0.4) is 0 Å². The molecule has 11 nitrogen and oxygen atoms in total. The number of benzene rings is 3. The molecule has 2 saturated heterocycles. The van der Waals surface area contributed by atoms with E-state index in [-0.39, 0.29) is 24.1 Å². The van der Waals surface area contributed by atoms with Crippen LogP contribution in [0.15, 0.2) is 66.9 Å². The lowest BCUT2D eigenvalue weighted by atomic mass is 10.0. The van der Waals surface area contributed by atoms with Crippen molar-refractivity contribution in [2.75, 3.05) is 45.0 Å². The lowest BCUT2D eigenvalue weighted by molar-refractivity contribution is -0.136. The minimum Gasteiger partial charge on any atom is -0.496 e. The van der Waals surface area contributed by atoms with Gasteiger partial charge in [0.25, 0.3) is 5.91 Å². The Balaban J connectivity index is 0.802. The summed E-state index contributed by atoms with van der Waals surface area (Å²) in [6.07, 6.45) is 12.3. The van der Waals surface area contributed by atoms with Gasteiger partial charge >= 0.3 is 0 Å². The van der Waals surface area contributed by atoms with Crippen molar-refractivity contribution in [1.29, 1.82) is 0 Å². The lowest BCUT2D eigenvalue weighted by Gasteiger charge is -2.34. The number of nitrogens with one attached hydrogen (secondary N) is 2. The summed E-state index contributed by atoms with van der Waals surface area (Å²) in [5.41, 5.74) is 6.73. The lowest BCUT2D eigenvalue weighted by Crippen LogP contribution is -2.52. The van der Waals surface area contributed by atoms with E-state index in [4.69, 9.17) is 21.3 Å². The fourth-order valence-corrected chi connectivity index (χ4v) is 10.1. The fraction of sp³-hybridized carbons (Fsp3) is 0.457. The monoisotopic (exact) mass is 838 g/mol. The third-order valence-corrected chi connectivity index (χ3v) is 13.9. The van der Waals surface area contributed by atoms with Crippen molar-refractivity contribution in [2.24, 2.45) is 0 Å². The number of ether oxygens (including phenoxy) is 1. The summed E-state index contributed by atoms with van der Waals surface area (Å²) < 4.78 is 18.8. The summed E-state index contributed by atoms with van der Waals surface area (Å²) in [5, 5.41) is 7.52. The molecule has 3 aliphatic rings. The van der Waals surface area contributed by atoms with Crippen LogP contribution in [0, 0.1) is 0 Å². The van der Waals surface area contributed by atoms with E-state index in [1.54, 1.807) is 31.5 Å². The van der Waals surface area contributed by atoms with Gasteiger partial charge in [0.1, 0.15) is 24.8 Å². The molecule has 312 valence electrons. The molecular weight excluding hydrogens is 783 g/mol. The average molecular weight is 839 g/mol. The summed E-state index contributed by atoms with van der Waals surface area (Å²) in [7, 11) is -0.756. The highest BCUT2D eigenvalue weighted by Crippen LogP contribution is 2.37. The third kappa shape index (κ3) is 10.6. The molecule has 3 aliphatic heterocycles. The Hall–Kier alpha value is -4.57. The number of carbonyl (C=O) groups excluding carboxylic acids is 3. The van der Waals surface area contributed by atoms with Gasteiger partial charge < -0.3 is 24.4 Å². The number of imide groups is 1. The number of piperidine rings is 2. The van der Waals surface area contributed by atoms with Gasteiger partial charge in [0.2, 0.25) is 11.8 Å². The van der Waals surface area contributed by atoms with Crippen LogP contribution in [0.4, 0.5) is 5.69 Å². The van der Waals surface area contributed by atoms with Crippen LogP contribution in [0.1, 0.15) is 102 Å². The Labute approximate surface area is 353 Å². The van der Waals surface area contributed by atoms with Crippen LogP contribution < -0.4 is 25.6 Å². The Bertz CT molecular complexity index is 2220. The van der Waals surface area contributed by atoms with Gasteiger partial charge in [-0.15, -0.1) is 0 Å². The molecule has 7 rings (SSSR count). The van der Waals surface area contributed by atoms with E-state index in [9.17, 15) is 18.9 Å². The van der Waals surface area contributed by atoms with Crippen molar-refractivity contribution in [1.82, 2.24) is 25.5 Å². The van der Waals surface area contributed by atoms with Crippen LogP contribution in [0.5, 0.6) is 5.75 Å². The molecule has 4 aromatic rings. The zero-order valence-electron chi connectivity index (χ0n) is 34.5. The van der Waals surface area contributed by atoms with Gasteiger partial charge in [-0.3, -0.25) is 19.7 Å². The molecule has 0 spiro atoms. The highest BCUT2D eigenvalue weighted by atomic mass is 35.5. The minimum absolute atomic E-state index is 0.119. The predicted molar refractivity (Wildman–Crippen MR) is 234 cm³/mol. The number of methoxy groups -OCH3 is 1. The number of anilines is 1. The Kier molecular flexibility index (Phi) is 13.9. The molecule has 1 aromatic heterocycles. The number of rotatable bonds is 17. The number of aromatic nitrogens is 2. The second kappa shape index (κ2) is 19.2. The Morgan fingerprint density at radius 3 is 2.47 bits per heavy atom. The molecule has 4 heterocycles. The first kappa shape index (κ1) is 42.6. The number of hydrogen-bond donors (Lipinski definition) is 2. The Morgan fingerprint density at radius 1 is 0.915 bits per heavy atom. The molecule has 0 radical (unpaired) electrons. The first-order valence-electron chi connectivity index (χ1n) is 21.0. The van der Waals surface area contributed by atoms with Crippen LogP contribution in [-0.4, -0.2) is 84.7 Å². The number of carbonyl (C=O) groups is 3. The van der Waals surface area contributed by atoms with Gasteiger partial charge in [0, 0.05) is 79.3 Å². The summed E-state index contributed by atoms with van der Waals surface area (Å²) in [4.78, 5) is 50.3. The van der Waals surface area contributed by atoms with E-state index in [0.717, 1.165) is 84.4 Å². The van der Waals surface area contributed by atoms with E-state index >= 15 is 0 Å². The molecule has 13 heteroatoms. The van der Waals surface area contributed by atoms with Gasteiger partial charge in [-0.25, -0.2) is 9.97 Å². The van der Waals surface area contributed by atoms with Crippen molar-refractivity contribution in [3.63, 3.8) is 0 Å². The summed E-state index contributed by atoms with van der Waals surface area (Å²) in [5.74, 6) is 0.714. The average Bonchev–Trinajstić information content (AvgIpc) is 3.55. The molecule has 1 atom stereocenters. The van der Waals surface area contributed by atoms with Gasteiger partial charge in [-0.05, 0) is 87.2 Å².